The first-order valence-electron chi connectivity index (χ1n) is 14.0. The molecule has 10 heteroatoms. The lowest BCUT2D eigenvalue weighted by Gasteiger charge is -2.42. The second-order valence-corrected chi connectivity index (χ2v) is 11.8. The number of benzene rings is 1. The lowest BCUT2D eigenvalue weighted by Crippen LogP contribution is -2.49. The van der Waals surface area contributed by atoms with Gasteiger partial charge in [0.2, 0.25) is 0 Å². The van der Waals surface area contributed by atoms with E-state index in [2.05, 4.69) is 40.4 Å². The van der Waals surface area contributed by atoms with Gasteiger partial charge in [0, 0.05) is 76.4 Å². The Kier molecular flexibility index (Phi) is 6.84. The predicted molar refractivity (Wildman–Crippen MR) is 153 cm³/mol. The Bertz CT molecular complexity index is 1450. The van der Waals surface area contributed by atoms with Gasteiger partial charge in [0.05, 0.1) is 11.3 Å². The van der Waals surface area contributed by atoms with E-state index >= 15 is 0 Å². The molecule has 1 aromatic heterocycles. The van der Waals surface area contributed by atoms with Crippen molar-refractivity contribution >= 4 is 5.69 Å². The number of hydrogen-bond donors (Lipinski definition) is 0. The first-order valence-corrected chi connectivity index (χ1v) is 14.0. The normalized spacial score (nSPS) is 20.6. The van der Waals surface area contributed by atoms with E-state index in [9.17, 15) is 13.2 Å². The van der Waals surface area contributed by atoms with Crippen LogP contribution in [0.4, 0.5) is 18.9 Å². The second-order valence-electron chi connectivity index (χ2n) is 11.8. The molecule has 1 unspecified atom stereocenters. The van der Waals surface area contributed by atoms with E-state index in [-0.39, 0.29) is 11.6 Å². The summed E-state index contributed by atoms with van der Waals surface area (Å²) < 4.78 is 45.0. The molecule has 2 fully saturated rings. The summed E-state index contributed by atoms with van der Waals surface area (Å²) in [4.78, 5) is 7.48. The number of fused-ring (bicyclic) bond motifs is 1. The third-order valence-corrected chi connectivity index (χ3v) is 8.84. The SMILES string of the molecule is C=C(C1CN(CC2=CN3C(=C)N(c4cccc(C(c5nncn5C)C5CCC5)c4)C=C3C(C(F)(F)F)=C2)C1)N(C)C. The molecule has 3 aliphatic heterocycles. The number of halogens is 3. The summed E-state index contributed by atoms with van der Waals surface area (Å²) in [6.45, 7) is 10.3. The van der Waals surface area contributed by atoms with Crippen molar-refractivity contribution in [2.75, 3.05) is 38.6 Å². The van der Waals surface area contributed by atoms with Crippen LogP contribution in [-0.2, 0) is 7.05 Å². The molecule has 0 radical (unpaired) electrons. The van der Waals surface area contributed by atoms with Crippen molar-refractivity contribution in [3.8, 4) is 0 Å². The van der Waals surface area contributed by atoms with Gasteiger partial charge in [0.15, 0.2) is 0 Å². The largest absolute Gasteiger partial charge is 0.418 e. The molecule has 1 aromatic carbocycles. The van der Waals surface area contributed by atoms with Crippen LogP contribution in [0.3, 0.4) is 0 Å². The fourth-order valence-electron chi connectivity index (χ4n) is 6.24. The van der Waals surface area contributed by atoms with E-state index in [1.807, 2.05) is 42.7 Å². The summed E-state index contributed by atoms with van der Waals surface area (Å²) in [7, 11) is 5.87. The van der Waals surface area contributed by atoms with Crippen LogP contribution in [0, 0.1) is 11.8 Å². The minimum atomic E-state index is -4.50. The number of allylic oxidation sites excluding steroid dienone is 1. The van der Waals surface area contributed by atoms with Gasteiger partial charge in [-0.1, -0.05) is 31.7 Å². The van der Waals surface area contributed by atoms with Gasteiger partial charge in [-0.3, -0.25) is 4.90 Å². The van der Waals surface area contributed by atoms with Crippen molar-refractivity contribution in [2.45, 2.75) is 31.4 Å². The molecule has 2 aromatic rings. The molecule has 6 rings (SSSR count). The summed E-state index contributed by atoms with van der Waals surface area (Å²) in [5.41, 5.74) is 2.92. The molecule has 1 aliphatic carbocycles. The molecular formula is C31H36F3N7. The Morgan fingerprint density at radius 3 is 2.51 bits per heavy atom. The first-order chi connectivity index (χ1) is 19.5. The van der Waals surface area contributed by atoms with Crippen LogP contribution in [0.15, 0.2) is 90.6 Å². The lowest BCUT2D eigenvalue weighted by molar-refractivity contribution is -0.0909. The van der Waals surface area contributed by atoms with Crippen LogP contribution in [0.25, 0.3) is 0 Å². The van der Waals surface area contributed by atoms with E-state index in [1.54, 1.807) is 28.5 Å². The van der Waals surface area contributed by atoms with E-state index in [0.717, 1.165) is 48.7 Å². The monoisotopic (exact) mass is 563 g/mol. The maximum atomic E-state index is 14.3. The van der Waals surface area contributed by atoms with Gasteiger partial charge in [0.25, 0.3) is 0 Å². The molecule has 0 bridgehead atoms. The molecule has 0 spiro atoms. The molecule has 216 valence electrons. The number of hydrogen-bond acceptors (Lipinski definition) is 6. The highest BCUT2D eigenvalue weighted by atomic mass is 19.4. The Balaban J connectivity index is 1.27. The highest BCUT2D eigenvalue weighted by Gasteiger charge is 2.44. The topological polar surface area (TPSA) is 43.7 Å². The van der Waals surface area contributed by atoms with Gasteiger partial charge in [0.1, 0.15) is 18.0 Å². The smallest absolute Gasteiger partial charge is 0.381 e. The second kappa shape index (κ2) is 10.2. The Morgan fingerprint density at radius 2 is 1.90 bits per heavy atom. The molecule has 7 nitrogen and oxygen atoms in total. The molecular weight excluding hydrogens is 527 g/mol. The maximum Gasteiger partial charge on any atom is 0.418 e. The van der Waals surface area contributed by atoms with Crippen molar-refractivity contribution in [1.29, 1.82) is 0 Å². The third-order valence-electron chi connectivity index (χ3n) is 8.84. The fraction of sp³-hybridized carbons (Fsp3) is 0.419. The van der Waals surface area contributed by atoms with Crippen LogP contribution >= 0.6 is 0 Å². The van der Waals surface area contributed by atoms with Gasteiger partial charge in [-0.2, -0.15) is 13.2 Å². The quantitative estimate of drug-likeness (QED) is 0.418. The van der Waals surface area contributed by atoms with Crippen LogP contribution < -0.4 is 4.90 Å². The number of alkyl halides is 3. The number of rotatable bonds is 8. The number of nitrogens with zero attached hydrogens (tertiary/aromatic N) is 7. The Hall–Kier alpha value is -3.79. The van der Waals surface area contributed by atoms with Gasteiger partial charge in [-0.05, 0) is 48.1 Å². The van der Waals surface area contributed by atoms with Crippen LogP contribution in [0.5, 0.6) is 0 Å². The zero-order valence-corrected chi connectivity index (χ0v) is 23.8. The van der Waals surface area contributed by atoms with E-state index in [1.165, 1.54) is 12.5 Å². The molecule has 41 heavy (non-hydrogen) atoms. The van der Waals surface area contributed by atoms with Crippen LogP contribution in [0.1, 0.15) is 36.6 Å². The van der Waals surface area contributed by atoms with Gasteiger partial charge >= 0.3 is 6.18 Å². The van der Waals surface area contributed by atoms with Gasteiger partial charge < -0.3 is 19.3 Å². The molecule has 1 atom stereocenters. The van der Waals surface area contributed by atoms with Crippen molar-refractivity contribution in [3.05, 3.63) is 102 Å². The number of likely N-dealkylation sites (tertiary alicyclic amines) is 1. The number of anilines is 1. The van der Waals surface area contributed by atoms with Gasteiger partial charge in [-0.15, -0.1) is 10.2 Å². The maximum absolute atomic E-state index is 14.3. The molecule has 4 aliphatic rings. The average Bonchev–Trinajstić information content (AvgIpc) is 3.44. The van der Waals surface area contributed by atoms with E-state index in [0.29, 0.717) is 29.8 Å². The van der Waals surface area contributed by atoms with Crippen molar-refractivity contribution in [3.63, 3.8) is 0 Å². The molecule has 1 saturated heterocycles. The minimum absolute atomic E-state index is 0.0726. The number of aryl methyl sites for hydroxylation is 1. The fourth-order valence-corrected chi connectivity index (χ4v) is 6.24. The lowest BCUT2D eigenvalue weighted by atomic mass is 9.72. The molecule has 4 heterocycles. The first kappa shape index (κ1) is 27.4. The molecule has 1 saturated carbocycles. The summed E-state index contributed by atoms with van der Waals surface area (Å²) in [6.07, 6.45) is 5.25. The van der Waals surface area contributed by atoms with Crippen molar-refractivity contribution < 1.29 is 13.2 Å². The Labute approximate surface area is 239 Å². The molecule has 0 amide bonds. The standard InChI is InChI=1S/C31H36F3N7/c1-20(37(3)4)25-16-39(17-25)14-22-12-27(31(32,33)34)28-18-40(21(2)41(28)15-22)26-11-7-10-24(13-26)29(23-8-6-9-23)30-36-35-19-38(30)5/h7,10-13,15,18-19,23,25,29H,1-2,6,8-9,14,16-17H2,3-5H3. The minimum Gasteiger partial charge on any atom is -0.381 e. The van der Waals surface area contributed by atoms with Crippen LogP contribution in [0.2, 0.25) is 0 Å². The van der Waals surface area contributed by atoms with Gasteiger partial charge in [-0.25, -0.2) is 0 Å². The predicted octanol–water partition coefficient (Wildman–Crippen LogP) is 5.58. The number of aromatic nitrogens is 3. The van der Waals surface area contributed by atoms with E-state index < -0.39 is 11.7 Å². The highest BCUT2D eigenvalue weighted by molar-refractivity contribution is 5.64. The zero-order valence-electron chi connectivity index (χ0n) is 23.8. The Morgan fingerprint density at radius 1 is 1.15 bits per heavy atom. The average molecular weight is 564 g/mol. The third kappa shape index (κ3) is 4.98. The van der Waals surface area contributed by atoms with E-state index in [4.69, 9.17) is 0 Å². The summed E-state index contributed by atoms with van der Waals surface area (Å²) >= 11 is 0. The zero-order chi connectivity index (χ0) is 29.1. The highest BCUT2D eigenvalue weighted by Crippen LogP contribution is 2.46. The summed E-state index contributed by atoms with van der Waals surface area (Å²) in [5.74, 6) is 2.22. The van der Waals surface area contributed by atoms with Crippen LogP contribution in [-0.4, -0.2) is 69.4 Å². The van der Waals surface area contributed by atoms with Crippen molar-refractivity contribution in [1.82, 2.24) is 29.5 Å². The molecule has 0 N–H and O–H groups in total. The summed E-state index contributed by atoms with van der Waals surface area (Å²) in [6, 6.07) is 8.00. The summed E-state index contributed by atoms with van der Waals surface area (Å²) in [5, 5.41) is 8.51. The van der Waals surface area contributed by atoms with Crippen molar-refractivity contribution in [2.24, 2.45) is 18.9 Å².